The lowest BCUT2D eigenvalue weighted by Crippen LogP contribution is -2.53. The Morgan fingerprint density at radius 3 is 2.58 bits per heavy atom. The minimum absolute atomic E-state index is 0.127. The number of morpholine rings is 1. The number of carbonyl (C=O) groups is 2. The van der Waals surface area contributed by atoms with E-state index >= 15 is 0 Å². The smallest absolute Gasteiger partial charge is 0.257 e. The summed E-state index contributed by atoms with van der Waals surface area (Å²) in [6, 6.07) is 16.7. The molecule has 6 rings (SSSR count). The summed E-state index contributed by atoms with van der Waals surface area (Å²) < 4.78 is 5.81. The molecule has 1 saturated carbocycles. The Kier molecular flexibility index (Phi) is 9.24. The molecule has 8 nitrogen and oxygen atoms in total. The molecule has 2 saturated heterocycles. The zero-order chi connectivity index (χ0) is 29.8. The fourth-order valence-electron chi connectivity index (χ4n) is 6.62. The number of benzene rings is 2. The van der Waals surface area contributed by atoms with Gasteiger partial charge in [0.15, 0.2) is 6.10 Å². The monoisotopic (exact) mass is 601 g/mol. The molecule has 0 radical (unpaired) electrons. The molecule has 0 spiro atoms. The van der Waals surface area contributed by atoms with Crippen molar-refractivity contribution in [2.45, 2.75) is 76.5 Å². The van der Waals surface area contributed by atoms with Gasteiger partial charge in [0.1, 0.15) is 0 Å². The Labute approximate surface area is 258 Å². The van der Waals surface area contributed by atoms with E-state index in [0.29, 0.717) is 36.1 Å². The lowest BCUT2D eigenvalue weighted by molar-refractivity contribution is -0.137. The number of hydrogen-bond acceptors (Lipinski definition) is 6. The summed E-state index contributed by atoms with van der Waals surface area (Å²) >= 11 is 6.16. The average Bonchev–Trinajstić information content (AvgIpc) is 3.73. The number of amides is 2. The number of aromatic nitrogens is 2. The normalized spacial score (nSPS) is 20.9. The van der Waals surface area contributed by atoms with Crippen molar-refractivity contribution in [3.8, 4) is 0 Å². The van der Waals surface area contributed by atoms with E-state index in [-0.39, 0.29) is 30.4 Å². The van der Waals surface area contributed by atoms with Crippen LogP contribution in [0.3, 0.4) is 0 Å². The van der Waals surface area contributed by atoms with E-state index in [1.807, 2.05) is 24.3 Å². The average molecular weight is 602 g/mol. The van der Waals surface area contributed by atoms with Crippen LogP contribution < -0.4 is 10.2 Å². The zero-order valence-corrected chi connectivity index (χ0v) is 25.6. The van der Waals surface area contributed by atoms with E-state index in [4.69, 9.17) is 26.3 Å². The Bertz CT molecular complexity index is 1440. The summed E-state index contributed by atoms with van der Waals surface area (Å²) in [6.07, 6.45) is 8.72. The van der Waals surface area contributed by atoms with Gasteiger partial charge in [0, 0.05) is 30.4 Å². The maximum Gasteiger partial charge on any atom is 0.257 e. The molecule has 1 aliphatic carbocycles. The molecule has 2 amide bonds. The molecule has 1 N–H and O–H groups in total. The lowest BCUT2D eigenvalue weighted by atomic mass is 10.0. The number of nitrogens with one attached hydrogen (secondary N) is 1. The Balaban J connectivity index is 1.25. The standard InChI is InChI=1S/C34H40ClN5O3/c1-23-7-2-3-8-24(23)14-17-29-28(33(42)39-19-20-43-31(22-39)32(41)37-27-9-4-5-10-27)21-36-34(38-29)40-18-6-11-30(40)25-12-15-26(35)16-13-25/h2-3,7-8,12-13,15-16,21,27,30-31H,4-6,9-11,14,17-20,22H2,1H3,(H,37,41). The van der Waals surface area contributed by atoms with Gasteiger partial charge < -0.3 is 19.9 Å². The van der Waals surface area contributed by atoms with Crippen molar-refractivity contribution < 1.29 is 14.3 Å². The maximum atomic E-state index is 14.0. The second-order valence-corrected chi connectivity index (χ2v) is 12.4. The van der Waals surface area contributed by atoms with Crippen LogP contribution in [0.25, 0.3) is 0 Å². The van der Waals surface area contributed by atoms with Crippen LogP contribution in [0, 0.1) is 6.92 Å². The van der Waals surface area contributed by atoms with Crippen LogP contribution in [0.2, 0.25) is 5.02 Å². The van der Waals surface area contributed by atoms with Gasteiger partial charge in [-0.15, -0.1) is 0 Å². The van der Waals surface area contributed by atoms with Crippen molar-refractivity contribution in [3.63, 3.8) is 0 Å². The van der Waals surface area contributed by atoms with E-state index in [1.54, 1.807) is 11.1 Å². The first kappa shape index (κ1) is 29.6. The number of anilines is 1. The van der Waals surface area contributed by atoms with Crippen molar-refractivity contribution in [3.05, 3.63) is 87.7 Å². The first-order valence-corrected chi connectivity index (χ1v) is 16.0. The van der Waals surface area contributed by atoms with Crippen LogP contribution >= 0.6 is 11.6 Å². The Morgan fingerprint density at radius 1 is 1.00 bits per heavy atom. The zero-order valence-electron chi connectivity index (χ0n) is 24.8. The van der Waals surface area contributed by atoms with Crippen molar-refractivity contribution in [1.82, 2.24) is 20.2 Å². The molecule has 3 fully saturated rings. The lowest BCUT2D eigenvalue weighted by Gasteiger charge is -2.33. The SMILES string of the molecule is Cc1ccccc1CCc1nc(N2CCCC2c2ccc(Cl)cc2)ncc1C(=O)N1CCOC(C(=O)NC2CCCC2)C1. The van der Waals surface area contributed by atoms with E-state index in [0.717, 1.165) is 57.2 Å². The fraction of sp³-hybridized carbons (Fsp3) is 0.471. The molecule has 1 aromatic heterocycles. The van der Waals surface area contributed by atoms with Crippen LogP contribution in [-0.4, -0.2) is 65.1 Å². The maximum absolute atomic E-state index is 14.0. The number of rotatable bonds is 8. The van der Waals surface area contributed by atoms with Gasteiger partial charge in [-0.25, -0.2) is 9.97 Å². The first-order valence-electron chi connectivity index (χ1n) is 15.6. The third kappa shape index (κ3) is 6.86. The van der Waals surface area contributed by atoms with Gasteiger partial charge in [-0.05, 0) is 74.3 Å². The Morgan fingerprint density at radius 2 is 1.79 bits per heavy atom. The van der Waals surface area contributed by atoms with Crippen LogP contribution in [0.1, 0.15) is 77.3 Å². The predicted molar refractivity (Wildman–Crippen MR) is 167 cm³/mol. The minimum Gasteiger partial charge on any atom is -0.365 e. The van der Waals surface area contributed by atoms with E-state index < -0.39 is 6.10 Å². The number of carbonyl (C=O) groups excluding carboxylic acids is 2. The van der Waals surface area contributed by atoms with Gasteiger partial charge in [0.2, 0.25) is 5.95 Å². The first-order chi connectivity index (χ1) is 21.0. The van der Waals surface area contributed by atoms with Crippen LogP contribution in [-0.2, 0) is 22.4 Å². The molecule has 2 unspecified atom stereocenters. The van der Waals surface area contributed by atoms with Crippen molar-refractivity contribution in [2.24, 2.45) is 0 Å². The van der Waals surface area contributed by atoms with E-state index in [2.05, 4.69) is 41.4 Å². The largest absolute Gasteiger partial charge is 0.365 e. The highest BCUT2D eigenvalue weighted by molar-refractivity contribution is 6.30. The second-order valence-electron chi connectivity index (χ2n) is 12.0. The number of hydrogen-bond donors (Lipinski definition) is 1. The molecule has 3 aliphatic rings. The van der Waals surface area contributed by atoms with Gasteiger partial charge in [0.25, 0.3) is 11.8 Å². The van der Waals surface area contributed by atoms with Crippen LogP contribution in [0.15, 0.2) is 54.7 Å². The van der Waals surface area contributed by atoms with Crippen LogP contribution in [0.4, 0.5) is 5.95 Å². The van der Waals surface area contributed by atoms with Crippen molar-refractivity contribution >= 4 is 29.4 Å². The second kappa shape index (κ2) is 13.4. The Hall–Kier alpha value is -3.49. The van der Waals surface area contributed by atoms with Gasteiger partial charge in [-0.1, -0.05) is 60.8 Å². The molecule has 0 bridgehead atoms. The minimum atomic E-state index is -0.668. The van der Waals surface area contributed by atoms with E-state index in [9.17, 15) is 9.59 Å². The summed E-state index contributed by atoms with van der Waals surface area (Å²) in [5.41, 5.74) is 4.87. The molecule has 2 aliphatic heterocycles. The third-order valence-corrected chi connectivity index (χ3v) is 9.34. The summed E-state index contributed by atoms with van der Waals surface area (Å²) in [6.45, 7) is 3.93. The fourth-order valence-corrected chi connectivity index (χ4v) is 6.75. The molecule has 43 heavy (non-hydrogen) atoms. The summed E-state index contributed by atoms with van der Waals surface area (Å²) in [7, 11) is 0. The molecule has 3 aromatic rings. The molecular formula is C34H40ClN5O3. The highest BCUT2D eigenvalue weighted by Crippen LogP contribution is 2.35. The molecule has 2 atom stereocenters. The number of halogens is 1. The van der Waals surface area contributed by atoms with E-state index in [1.165, 1.54) is 16.7 Å². The summed E-state index contributed by atoms with van der Waals surface area (Å²) in [5.74, 6) is 0.367. The quantitative estimate of drug-likeness (QED) is 0.369. The van der Waals surface area contributed by atoms with Crippen molar-refractivity contribution in [1.29, 1.82) is 0 Å². The molecule has 2 aromatic carbocycles. The van der Waals surface area contributed by atoms with Gasteiger partial charge in [-0.2, -0.15) is 0 Å². The molecule has 3 heterocycles. The summed E-state index contributed by atoms with van der Waals surface area (Å²) in [4.78, 5) is 40.7. The van der Waals surface area contributed by atoms with Gasteiger partial charge in [-0.3, -0.25) is 9.59 Å². The number of ether oxygens (including phenoxy) is 1. The highest BCUT2D eigenvalue weighted by Gasteiger charge is 2.33. The van der Waals surface area contributed by atoms with Gasteiger partial charge >= 0.3 is 0 Å². The third-order valence-electron chi connectivity index (χ3n) is 9.09. The molecule has 226 valence electrons. The predicted octanol–water partition coefficient (Wildman–Crippen LogP) is 5.46. The van der Waals surface area contributed by atoms with Crippen LogP contribution in [0.5, 0.6) is 0 Å². The highest BCUT2D eigenvalue weighted by atomic mass is 35.5. The van der Waals surface area contributed by atoms with Crippen molar-refractivity contribution in [2.75, 3.05) is 31.1 Å². The molecule has 9 heteroatoms. The van der Waals surface area contributed by atoms with Gasteiger partial charge in [0.05, 0.1) is 30.5 Å². The summed E-state index contributed by atoms with van der Waals surface area (Å²) in [5, 5.41) is 3.84. The number of nitrogens with zero attached hydrogens (tertiary/aromatic N) is 4. The molecular weight excluding hydrogens is 562 g/mol. The topological polar surface area (TPSA) is 87.7 Å². The number of aryl methyl sites for hydroxylation is 3.